The summed E-state index contributed by atoms with van der Waals surface area (Å²) in [5, 5.41) is 3.17. The third-order valence-corrected chi connectivity index (χ3v) is 4.58. The maximum atomic E-state index is 5.95. The van der Waals surface area contributed by atoms with Crippen molar-refractivity contribution in [1.29, 1.82) is 0 Å². The third-order valence-electron chi connectivity index (χ3n) is 2.72. The SMILES string of the molecule is CCCCNP(N)(=S)/N=C/CC(C)(C)CC. The fraction of sp³-hybridized carbons (Fsp3) is 0.909. The first-order valence-electron chi connectivity index (χ1n) is 6.01. The zero-order valence-electron chi connectivity index (χ0n) is 11.0. The van der Waals surface area contributed by atoms with Crippen LogP contribution in [-0.4, -0.2) is 12.8 Å². The summed E-state index contributed by atoms with van der Waals surface area (Å²) in [7, 11) is 0. The summed E-state index contributed by atoms with van der Waals surface area (Å²) >= 11 is 5.26. The maximum absolute atomic E-state index is 5.95. The lowest BCUT2D eigenvalue weighted by Gasteiger charge is -2.20. The van der Waals surface area contributed by atoms with E-state index >= 15 is 0 Å². The molecule has 3 N–H and O–H groups in total. The van der Waals surface area contributed by atoms with E-state index in [-0.39, 0.29) is 0 Å². The van der Waals surface area contributed by atoms with E-state index in [1.165, 1.54) is 0 Å². The number of unbranched alkanes of at least 4 members (excludes halogenated alkanes) is 1. The number of hydrogen-bond donors (Lipinski definition) is 2. The van der Waals surface area contributed by atoms with Crippen LogP contribution in [0.25, 0.3) is 0 Å². The molecule has 96 valence electrons. The highest BCUT2D eigenvalue weighted by atomic mass is 32.4. The molecule has 0 heterocycles. The molecule has 0 spiro atoms. The number of nitrogens with one attached hydrogen (secondary N) is 1. The Morgan fingerprint density at radius 2 is 2.06 bits per heavy atom. The largest absolute Gasteiger partial charge is 0.274 e. The average molecular weight is 263 g/mol. The van der Waals surface area contributed by atoms with E-state index < -0.39 is 6.49 Å². The normalized spacial score (nSPS) is 16.6. The summed E-state index contributed by atoms with van der Waals surface area (Å²) in [6.07, 6.45) is 6.23. The smallest absolute Gasteiger partial charge is 0.179 e. The lowest BCUT2D eigenvalue weighted by atomic mass is 9.87. The zero-order chi connectivity index (χ0) is 12.7. The van der Waals surface area contributed by atoms with Crippen molar-refractivity contribution in [3.63, 3.8) is 0 Å². The highest BCUT2D eigenvalue weighted by Crippen LogP contribution is 2.33. The minimum Gasteiger partial charge on any atom is -0.274 e. The molecule has 0 aliphatic rings. The van der Waals surface area contributed by atoms with Gasteiger partial charge < -0.3 is 0 Å². The van der Waals surface area contributed by atoms with Crippen molar-refractivity contribution in [1.82, 2.24) is 5.09 Å². The van der Waals surface area contributed by atoms with Crippen LogP contribution in [0.4, 0.5) is 0 Å². The number of nitrogens with zero attached hydrogens (tertiary/aromatic N) is 1. The van der Waals surface area contributed by atoms with Crippen molar-refractivity contribution in [2.24, 2.45) is 15.7 Å². The van der Waals surface area contributed by atoms with Gasteiger partial charge in [0.05, 0.1) is 0 Å². The Bertz CT molecular complexity index is 264. The lowest BCUT2D eigenvalue weighted by molar-refractivity contribution is 0.371. The average Bonchev–Trinajstić information content (AvgIpc) is 2.17. The molecular weight excluding hydrogens is 237 g/mol. The number of rotatable bonds is 8. The van der Waals surface area contributed by atoms with Crippen LogP contribution < -0.4 is 10.6 Å². The Hall–Kier alpha value is 0.240. The molecule has 0 aliphatic carbocycles. The van der Waals surface area contributed by atoms with Crippen LogP contribution in [0, 0.1) is 5.41 Å². The zero-order valence-corrected chi connectivity index (χ0v) is 12.7. The fourth-order valence-corrected chi connectivity index (χ4v) is 2.37. The van der Waals surface area contributed by atoms with E-state index in [0.29, 0.717) is 5.41 Å². The van der Waals surface area contributed by atoms with Gasteiger partial charge in [0.2, 0.25) is 0 Å². The summed E-state index contributed by atoms with van der Waals surface area (Å²) < 4.78 is 4.33. The van der Waals surface area contributed by atoms with Crippen LogP contribution >= 0.6 is 6.49 Å². The van der Waals surface area contributed by atoms with Gasteiger partial charge in [0.15, 0.2) is 6.49 Å². The minimum absolute atomic E-state index is 0.294. The quantitative estimate of drug-likeness (QED) is 0.400. The van der Waals surface area contributed by atoms with Crippen molar-refractivity contribution >= 4 is 24.5 Å². The van der Waals surface area contributed by atoms with E-state index in [2.05, 4.69) is 37.5 Å². The van der Waals surface area contributed by atoms with E-state index in [9.17, 15) is 0 Å². The fourth-order valence-electron chi connectivity index (χ4n) is 1.01. The molecule has 0 amide bonds. The molecule has 3 nitrogen and oxygen atoms in total. The highest BCUT2D eigenvalue weighted by molar-refractivity contribution is 8.11. The molecule has 0 rings (SSSR count). The van der Waals surface area contributed by atoms with Gasteiger partial charge >= 0.3 is 0 Å². The second-order valence-corrected chi connectivity index (χ2v) is 8.37. The van der Waals surface area contributed by atoms with Crippen LogP contribution in [-0.2, 0) is 11.8 Å². The minimum atomic E-state index is -2.17. The van der Waals surface area contributed by atoms with Gasteiger partial charge in [-0.2, -0.15) is 0 Å². The molecule has 1 atom stereocenters. The first-order chi connectivity index (χ1) is 7.33. The van der Waals surface area contributed by atoms with Gasteiger partial charge in [-0.3, -0.25) is 10.6 Å². The van der Waals surface area contributed by atoms with Gasteiger partial charge in [-0.25, -0.2) is 4.76 Å². The molecule has 0 saturated heterocycles. The second-order valence-electron chi connectivity index (χ2n) is 4.90. The predicted octanol–water partition coefficient (Wildman–Crippen LogP) is 3.46. The molecule has 0 saturated carbocycles. The number of nitrogens with two attached hydrogens (primary N) is 1. The van der Waals surface area contributed by atoms with Crippen LogP contribution in [0.3, 0.4) is 0 Å². The summed E-state index contributed by atoms with van der Waals surface area (Å²) in [6.45, 7) is 7.49. The molecule has 0 aromatic rings. The molecule has 0 bridgehead atoms. The van der Waals surface area contributed by atoms with Gasteiger partial charge in [0.25, 0.3) is 0 Å². The molecular formula is C11H26N3PS. The standard InChI is InChI=1S/C11H26N3PS/c1-5-7-9-13-15(12,16)14-10-8-11(3,4)6-2/h10H,5-9H2,1-4H3,(H3,12,13,16)/b14-10+. The molecule has 0 radical (unpaired) electrons. The van der Waals surface area contributed by atoms with Crippen LogP contribution in [0.15, 0.2) is 4.76 Å². The Morgan fingerprint density at radius 3 is 2.56 bits per heavy atom. The van der Waals surface area contributed by atoms with Crippen LogP contribution in [0.1, 0.15) is 53.4 Å². The summed E-state index contributed by atoms with van der Waals surface area (Å²) in [5.74, 6) is 0. The van der Waals surface area contributed by atoms with Crippen molar-refractivity contribution in [3.8, 4) is 0 Å². The molecule has 5 heteroatoms. The summed E-state index contributed by atoms with van der Waals surface area (Å²) in [4.78, 5) is 0. The van der Waals surface area contributed by atoms with Gasteiger partial charge in [-0.1, -0.05) is 40.5 Å². The highest BCUT2D eigenvalue weighted by Gasteiger charge is 2.13. The Morgan fingerprint density at radius 1 is 1.44 bits per heavy atom. The van der Waals surface area contributed by atoms with Gasteiger partial charge in [0, 0.05) is 12.8 Å². The van der Waals surface area contributed by atoms with E-state index in [0.717, 1.165) is 32.2 Å². The van der Waals surface area contributed by atoms with E-state index in [4.69, 9.17) is 17.3 Å². The van der Waals surface area contributed by atoms with Gasteiger partial charge in [0.1, 0.15) is 0 Å². The molecule has 0 aliphatic heterocycles. The van der Waals surface area contributed by atoms with Gasteiger partial charge in [-0.05, 0) is 30.1 Å². The Kier molecular flexibility index (Phi) is 7.66. The predicted molar refractivity (Wildman–Crippen MR) is 78.6 cm³/mol. The maximum Gasteiger partial charge on any atom is 0.179 e. The van der Waals surface area contributed by atoms with Crippen molar-refractivity contribution in [3.05, 3.63) is 0 Å². The molecule has 0 aromatic heterocycles. The monoisotopic (exact) mass is 263 g/mol. The number of hydrogen-bond acceptors (Lipinski definition) is 1. The lowest BCUT2D eigenvalue weighted by Crippen LogP contribution is -2.16. The Balaban J connectivity index is 4.05. The van der Waals surface area contributed by atoms with E-state index in [1.807, 2.05) is 6.21 Å². The van der Waals surface area contributed by atoms with Crippen molar-refractivity contribution < 1.29 is 0 Å². The van der Waals surface area contributed by atoms with Crippen molar-refractivity contribution in [2.75, 3.05) is 6.54 Å². The molecule has 16 heavy (non-hydrogen) atoms. The summed E-state index contributed by atoms with van der Waals surface area (Å²) in [5.41, 5.74) is 6.24. The van der Waals surface area contributed by atoms with E-state index in [1.54, 1.807) is 0 Å². The molecule has 1 unspecified atom stereocenters. The van der Waals surface area contributed by atoms with Gasteiger partial charge in [-0.15, -0.1) is 0 Å². The first kappa shape index (κ1) is 16.2. The van der Waals surface area contributed by atoms with Crippen LogP contribution in [0.2, 0.25) is 0 Å². The van der Waals surface area contributed by atoms with Crippen molar-refractivity contribution in [2.45, 2.75) is 53.4 Å². The van der Waals surface area contributed by atoms with Crippen LogP contribution in [0.5, 0.6) is 0 Å². The third kappa shape index (κ3) is 8.40. The summed E-state index contributed by atoms with van der Waals surface area (Å²) in [6, 6.07) is 0. The molecule has 0 aromatic carbocycles. The molecule has 0 fully saturated rings. The Labute approximate surface area is 105 Å². The first-order valence-corrected chi connectivity index (χ1v) is 8.83. The topological polar surface area (TPSA) is 50.4 Å². The second kappa shape index (κ2) is 7.54.